The molecular weight excluding hydrogens is 208 g/mol. The molecule has 1 heterocycles. The third-order valence-electron chi connectivity index (χ3n) is 2.61. The van der Waals surface area contributed by atoms with Gasteiger partial charge in [0.1, 0.15) is 6.10 Å². The molecule has 1 atom stereocenters. The van der Waals surface area contributed by atoms with Crippen LogP contribution in [0, 0.1) is 10.1 Å². The van der Waals surface area contributed by atoms with Crippen LogP contribution in [-0.4, -0.2) is 24.1 Å². The van der Waals surface area contributed by atoms with Gasteiger partial charge in [-0.25, -0.2) is 0 Å². The van der Waals surface area contributed by atoms with E-state index < -0.39 is 4.92 Å². The van der Waals surface area contributed by atoms with E-state index in [2.05, 4.69) is 5.32 Å². The van der Waals surface area contributed by atoms with E-state index in [1.165, 1.54) is 6.07 Å². The molecule has 0 saturated carbocycles. The minimum atomic E-state index is -0.411. The number of hydrogen-bond acceptors (Lipinski definition) is 4. The third-order valence-corrected chi connectivity index (χ3v) is 2.61. The Morgan fingerprint density at radius 3 is 2.94 bits per heavy atom. The molecule has 1 fully saturated rings. The van der Waals surface area contributed by atoms with Crippen LogP contribution in [0.1, 0.15) is 12.8 Å². The first kappa shape index (κ1) is 10.9. The number of nitrogens with zero attached hydrogens (tertiary/aromatic N) is 1. The molecule has 0 spiro atoms. The summed E-state index contributed by atoms with van der Waals surface area (Å²) in [6, 6.07) is 6.50. The standard InChI is InChI=1S/C11H14N2O3/c14-13(15)10-5-1-2-6-11(10)16-9-4-3-7-12-8-9/h1-2,5-6,9,12H,3-4,7-8H2/t9-/m0/s1. The molecule has 0 amide bonds. The normalized spacial score (nSPS) is 20.4. The van der Waals surface area contributed by atoms with Crippen molar-refractivity contribution in [3.05, 3.63) is 34.4 Å². The van der Waals surface area contributed by atoms with Crippen molar-refractivity contribution in [3.8, 4) is 5.75 Å². The fourth-order valence-corrected chi connectivity index (χ4v) is 1.81. The molecule has 1 aliphatic heterocycles. The van der Waals surface area contributed by atoms with Crippen LogP contribution >= 0.6 is 0 Å². The molecule has 1 aliphatic rings. The maximum Gasteiger partial charge on any atom is 0.310 e. The van der Waals surface area contributed by atoms with Gasteiger partial charge in [0, 0.05) is 12.6 Å². The van der Waals surface area contributed by atoms with Gasteiger partial charge in [-0.3, -0.25) is 10.1 Å². The molecule has 0 bridgehead atoms. The molecule has 1 aromatic carbocycles. The Kier molecular flexibility index (Phi) is 3.36. The summed E-state index contributed by atoms with van der Waals surface area (Å²) >= 11 is 0. The lowest BCUT2D eigenvalue weighted by atomic mass is 10.1. The highest BCUT2D eigenvalue weighted by Crippen LogP contribution is 2.27. The van der Waals surface area contributed by atoms with E-state index in [-0.39, 0.29) is 11.8 Å². The molecule has 5 heteroatoms. The molecule has 5 nitrogen and oxygen atoms in total. The van der Waals surface area contributed by atoms with E-state index in [4.69, 9.17) is 4.74 Å². The second kappa shape index (κ2) is 4.94. The Labute approximate surface area is 93.6 Å². The molecule has 86 valence electrons. The minimum Gasteiger partial charge on any atom is -0.482 e. The smallest absolute Gasteiger partial charge is 0.310 e. The number of nitrogens with one attached hydrogen (secondary N) is 1. The summed E-state index contributed by atoms with van der Waals surface area (Å²) in [7, 11) is 0. The fourth-order valence-electron chi connectivity index (χ4n) is 1.81. The summed E-state index contributed by atoms with van der Waals surface area (Å²) in [6.45, 7) is 1.75. The summed E-state index contributed by atoms with van der Waals surface area (Å²) < 4.78 is 5.64. The third kappa shape index (κ3) is 2.49. The zero-order chi connectivity index (χ0) is 11.4. The summed E-state index contributed by atoms with van der Waals surface area (Å²) in [5.74, 6) is 0.362. The zero-order valence-electron chi connectivity index (χ0n) is 8.89. The average Bonchev–Trinajstić information content (AvgIpc) is 2.31. The van der Waals surface area contributed by atoms with Crippen LogP contribution in [-0.2, 0) is 0 Å². The maximum absolute atomic E-state index is 10.8. The van der Waals surface area contributed by atoms with Crippen molar-refractivity contribution in [1.29, 1.82) is 0 Å². The van der Waals surface area contributed by atoms with Gasteiger partial charge < -0.3 is 10.1 Å². The number of hydrogen-bond donors (Lipinski definition) is 1. The fraction of sp³-hybridized carbons (Fsp3) is 0.455. The lowest BCUT2D eigenvalue weighted by molar-refractivity contribution is -0.386. The van der Waals surface area contributed by atoms with Crippen LogP contribution in [0.4, 0.5) is 5.69 Å². The van der Waals surface area contributed by atoms with Crippen molar-refractivity contribution in [3.63, 3.8) is 0 Å². The minimum absolute atomic E-state index is 0.0353. The first-order valence-electron chi connectivity index (χ1n) is 5.38. The number of rotatable bonds is 3. The number of piperidine rings is 1. The van der Waals surface area contributed by atoms with Gasteiger partial charge in [-0.15, -0.1) is 0 Å². The zero-order valence-corrected chi connectivity index (χ0v) is 8.89. The van der Waals surface area contributed by atoms with Gasteiger partial charge in [0.25, 0.3) is 0 Å². The molecule has 1 aromatic rings. The lowest BCUT2D eigenvalue weighted by Crippen LogP contribution is -2.37. The molecule has 0 unspecified atom stereocenters. The van der Waals surface area contributed by atoms with Crippen LogP contribution in [0.3, 0.4) is 0 Å². The average molecular weight is 222 g/mol. The number of nitro benzene ring substituents is 1. The van der Waals surface area contributed by atoms with Gasteiger partial charge in [0.15, 0.2) is 5.75 Å². The van der Waals surface area contributed by atoms with E-state index in [0.29, 0.717) is 5.75 Å². The van der Waals surface area contributed by atoms with Crippen molar-refractivity contribution in [2.45, 2.75) is 18.9 Å². The van der Waals surface area contributed by atoms with Gasteiger partial charge in [-0.1, -0.05) is 12.1 Å². The van der Waals surface area contributed by atoms with Gasteiger partial charge in [-0.2, -0.15) is 0 Å². The van der Waals surface area contributed by atoms with Crippen molar-refractivity contribution < 1.29 is 9.66 Å². The Hall–Kier alpha value is -1.62. The van der Waals surface area contributed by atoms with E-state index in [9.17, 15) is 10.1 Å². The largest absolute Gasteiger partial charge is 0.482 e. The van der Waals surface area contributed by atoms with E-state index in [0.717, 1.165) is 25.9 Å². The van der Waals surface area contributed by atoms with E-state index >= 15 is 0 Å². The van der Waals surface area contributed by atoms with Crippen molar-refractivity contribution in [2.24, 2.45) is 0 Å². The van der Waals surface area contributed by atoms with Crippen LogP contribution in [0.5, 0.6) is 5.75 Å². The van der Waals surface area contributed by atoms with Gasteiger partial charge >= 0.3 is 5.69 Å². The topological polar surface area (TPSA) is 64.4 Å². The molecule has 0 aromatic heterocycles. The lowest BCUT2D eigenvalue weighted by Gasteiger charge is -2.23. The van der Waals surface area contributed by atoms with Gasteiger partial charge in [0.05, 0.1) is 4.92 Å². The van der Waals surface area contributed by atoms with Crippen molar-refractivity contribution >= 4 is 5.69 Å². The number of nitro groups is 1. The number of benzene rings is 1. The highest BCUT2D eigenvalue weighted by molar-refractivity contribution is 5.45. The summed E-state index contributed by atoms with van der Waals surface area (Å²) in [4.78, 5) is 10.4. The number of ether oxygens (including phenoxy) is 1. The predicted molar refractivity (Wildman–Crippen MR) is 59.6 cm³/mol. The quantitative estimate of drug-likeness (QED) is 0.624. The van der Waals surface area contributed by atoms with E-state index in [1.807, 2.05) is 0 Å². The Balaban J connectivity index is 2.10. The predicted octanol–water partition coefficient (Wildman–Crippen LogP) is 1.73. The number of para-hydroxylation sites is 2. The summed E-state index contributed by atoms with van der Waals surface area (Å²) in [5.41, 5.74) is 0.0353. The second-order valence-electron chi connectivity index (χ2n) is 3.81. The molecule has 16 heavy (non-hydrogen) atoms. The first-order valence-corrected chi connectivity index (χ1v) is 5.38. The molecule has 0 aliphatic carbocycles. The summed E-state index contributed by atoms with van der Waals surface area (Å²) in [6.07, 6.45) is 2.03. The molecular formula is C11H14N2O3. The highest BCUT2D eigenvalue weighted by atomic mass is 16.6. The van der Waals surface area contributed by atoms with Crippen LogP contribution in [0.25, 0.3) is 0 Å². The molecule has 2 rings (SSSR count). The maximum atomic E-state index is 10.8. The van der Waals surface area contributed by atoms with Crippen molar-refractivity contribution in [2.75, 3.05) is 13.1 Å². The van der Waals surface area contributed by atoms with Crippen LogP contribution < -0.4 is 10.1 Å². The Morgan fingerprint density at radius 2 is 2.25 bits per heavy atom. The first-order chi connectivity index (χ1) is 7.77. The Bertz CT molecular complexity index is 375. The van der Waals surface area contributed by atoms with Crippen molar-refractivity contribution in [1.82, 2.24) is 5.32 Å². The second-order valence-corrected chi connectivity index (χ2v) is 3.81. The molecule has 0 radical (unpaired) electrons. The van der Waals surface area contributed by atoms with Gasteiger partial charge in [0.2, 0.25) is 0 Å². The highest BCUT2D eigenvalue weighted by Gasteiger charge is 2.19. The Morgan fingerprint density at radius 1 is 1.44 bits per heavy atom. The molecule has 1 N–H and O–H groups in total. The van der Waals surface area contributed by atoms with E-state index in [1.54, 1.807) is 18.2 Å². The van der Waals surface area contributed by atoms with Crippen LogP contribution in [0.15, 0.2) is 24.3 Å². The van der Waals surface area contributed by atoms with Crippen LogP contribution in [0.2, 0.25) is 0 Å². The SMILES string of the molecule is O=[N+]([O-])c1ccccc1O[C@H]1CCCNC1. The van der Waals surface area contributed by atoms with Gasteiger partial charge in [-0.05, 0) is 25.5 Å². The molecule has 1 saturated heterocycles. The summed E-state index contributed by atoms with van der Waals surface area (Å²) in [5, 5.41) is 14.0. The monoisotopic (exact) mass is 222 g/mol.